The van der Waals surface area contributed by atoms with Crippen LogP contribution >= 0.6 is 15.9 Å². The lowest BCUT2D eigenvalue weighted by atomic mass is 9.83. The van der Waals surface area contributed by atoms with Crippen molar-refractivity contribution in [3.8, 4) is 6.07 Å². The van der Waals surface area contributed by atoms with Crippen LogP contribution in [0.2, 0.25) is 0 Å². The first-order chi connectivity index (χ1) is 8.49. The highest BCUT2D eigenvalue weighted by Crippen LogP contribution is 2.28. The Hall–Kier alpha value is -1.41. The average molecular weight is 313 g/mol. The maximum Gasteiger partial charge on any atom is 0.244 e. The van der Waals surface area contributed by atoms with Crippen molar-refractivity contribution >= 4 is 27.5 Å². The maximum atomic E-state index is 13.3. The van der Waals surface area contributed by atoms with Crippen LogP contribution in [0, 0.1) is 22.6 Å². The van der Waals surface area contributed by atoms with E-state index in [2.05, 4.69) is 21.2 Å². The molecule has 1 N–H and O–H groups in total. The lowest BCUT2D eigenvalue weighted by Crippen LogP contribution is -2.33. The first-order valence-corrected chi connectivity index (χ1v) is 6.46. The second kappa shape index (κ2) is 5.96. The fraction of sp³-hybridized carbons (Fsp3) is 0.385. The molecule has 0 aliphatic rings. The van der Waals surface area contributed by atoms with Gasteiger partial charge in [-0.15, -0.1) is 0 Å². The van der Waals surface area contributed by atoms with Crippen LogP contribution in [0.25, 0.3) is 0 Å². The normalized spacial score (nSPS) is 10.8. The van der Waals surface area contributed by atoms with Crippen molar-refractivity contribution in [2.75, 3.05) is 5.32 Å². The average Bonchev–Trinajstić information content (AvgIpc) is 2.37. The molecule has 0 spiro atoms. The van der Waals surface area contributed by atoms with Crippen LogP contribution in [0.4, 0.5) is 10.1 Å². The van der Waals surface area contributed by atoms with E-state index in [-0.39, 0.29) is 0 Å². The van der Waals surface area contributed by atoms with Crippen LogP contribution in [0.15, 0.2) is 22.7 Å². The number of carbonyl (C=O) groups excluding carboxylic acids is 1. The monoisotopic (exact) mass is 312 g/mol. The number of hydrogen-bond acceptors (Lipinski definition) is 2. The summed E-state index contributed by atoms with van der Waals surface area (Å²) in [5.74, 6) is -0.847. The lowest BCUT2D eigenvalue weighted by molar-refractivity contribution is -0.123. The van der Waals surface area contributed by atoms with Crippen molar-refractivity contribution in [2.24, 2.45) is 5.41 Å². The standard InChI is InChI=1S/C13H14BrFN2O/c1-3-13(4-2,8-16)12(18)17-9-5-6-10(14)11(15)7-9/h5-7H,3-4H2,1-2H3,(H,17,18). The molecule has 1 aromatic rings. The summed E-state index contributed by atoms with van der Waals surface area (Å²) in [4.78, 5) is 12.1. The summed E-state index contributed by atoms with van der Waals surface area (Å²) in [5, 5.41) is 11.7. The Balaban J connectivity index is 2.94. The fourth-order valence-corrected chi connectivity index (χ4v) is 1.85. The number of nitrogens with one attached hydrogen (secondary N) is 1. The SMILES string of the molecule is CCC(C#N)(CC)C(=O)Nc1ccc(Br)c(F)c1. The van der Waals surface area contributed by atoms with Gasteiger partial charge < -0.3 is 5.32 Å². The third-order valence-corrected chi connectivity index (χ3v) is 3.68. The lowest BCUT2D eigenvalue weighted by Gasteiger charge is -2.22. The van der Waals surface area contributed by atoms with Gasteiger partial charge in [0.2, 0.25) is 5.91 Å². The molecule has 0 saturated heterocycles. The van der Waals surface area contributed by atoms with Crippen LogP contribution in [0.5, 0.6) is 0 Å². The van der Waals surface area contributed by atoms with Gasteiger partial charge in [0, 0.05) is 5.69 Å². The molecule has 0 saturated carbocycles. The molecule has 18 heavy (non-hydrogen) atoms. The minimum atomic E-state index is -1.05. The molecule has 0 bridgehead atoms. The summed E-state index contributed by atoms with van der Waals surface area (Å²) in [6.45, 7) is 3.57. The van der Waals surface area contributed by atoms with Crippen LogP contribution in [-0.4, -0.2) is 5.91 Å². The molecule has 96 valence electrons. The van der Waals surface area contributed by atoms with E-state index in [0.717, 1.165) is 0 Å². The van der Waals surface area contributed by atoms with Crippen LogP contribution in [-0.2, 0) is 4.79 Å². The number of nitrogens with zero attached hydrogens (tertiary/aromatic N) is 1. The van der Waals surface area contributed by atoms with E-state index in [1.165, 1.54) is 12.1 Å². The van der Waals surface area contributed by atoms with Crippen molar-refractivity contribution in [1.82, 2.24) is 0 Å². The Morgan fingerprint density at radius 1 is 1.50 bits per heavy atom. The van der Waals surface area contributed by atoms with E-state index in [9.17, 15) is 9.18 Å². The number of carbonyl (C=O) groups is 1. The van der Waals surface area contributed by atoms with Gasteiger partial charge >= 0.3 is 0 Å². The van der Waals surface area contributed by atoms with Crippen LogP contribution < -0.4 is 5.32 Å². The number of amides is 1. The van der Waals surface area contributed by atoms with E-state index >= 15 is 0 Å². The summed E-state index contributed by atoms with van der Waals surface area (Å²) < 4.78 is 13.6. The molecular weight excluding hydrogens is 299 g/mol. The highest BCUT2D eigenvalue weighted by Gasteiger charge is 2.35. The number of anilines is 1. The van der Waals surface area contributed by atoms with Crippen molar-refractivity contribution < 1.29 is 9.18 Å². The number of halogens is 2. The molecule has 1 rings (SSSR count). The topological polar surface area (TPSA) is 52.9 Å². The molecular formula is C13H14BrFN2O. The van der Waals surface area contributed by atoms with E-state index in [1.54, 1.807) is 19.9 Å². The summed E-state index contributed by atoms with van der Waals surface area (Å²) >= 11 is 3.04. The Kier molecular flexibility index (Phi) is 4.85. The van der Waals surface area contributed by atoms with Gasteiger partial charge in [-0.2, -0.15) is 5.26 Å². The number of nitriles is 1. The quantitative estimate of drug-likeness (QED) is 0.918. The summed E-state index contributed by atoms with van der Waals surface area (Å²) in [6.07, 6.45) is 0.843. The zero-order valence-electron chi connectivity index (χ0n) is 10.3. The third-order valence-electron chi connectivity index (χ3n) is 3.03. The largest absolute Gasteiger partial charge is 0.325 e. The van der Waals surface area contributed by atoms with Crippen molar-refractivity contribution in [3.63, 3.8) is 0 Å². The molecule has 3 nitrogen and oxygen atoms in total. The number of hydrogen-bond donors (Lipinski definition) is 1. The molecule has 1 aromatic carbocycles. The zero-order chi connectivity index (χ0) is 13.8. The minimum absolute atomic E-state index is 0.332. The zero-order valence-corrected chi connectivity index (χ0v) is 11.8. The molecule has 0 atom stereocenters. The third kappa shape index (κ3) is 2.88. The first kappa shape index (κ1) is 14.7. The van der Waals surface area contributed by atoms with E-state index in [4.69, 9.17) is 5.26 Å². The van der Waals surface area contributed by atoms with Gasteiger partial charge in [-0.3, -0.25) is 4.79 Å². The molecule has 1 amide bonds. The molecule has 0 unspecified atom stereocenters. The van der Waals surface area contributed by atoms with Gasteiger partial charge in [0.25, 0.3) is 0 Å². The molecule has 0 fully saturated rings. The van der Waals surface area contributed by atoms with Crippen molar-refractivity contribution in [3.05, 3.63) is 28.5 Å². The fourth-order valence-electron chi connectivity index (χ4n) is 1.60. The van der Waals surface area contributed by atoms with Gasteiger partial charge in [-0.25, -0.2) is 4.39 Å². The van der Waals surface area contributed by atoms with E-state index in [0.29, 0.717) is 23.0 Å². The predicted molar refractivity (Wildman–Crippen MR) is 71.4 cm³/mol. The molecule has 0 aliphatic heterocycles. The van der Waals surface area contributed by atoms with E-state index in [1.807, 2.05) is 6.07 Å². The van der Waals surface area contributed by atoms with Gasteiger partial charge in [-0.05, 0) is 47.0 Å². The minimum Gasteiger partial charge on any atom is -0.325 e. The molecule has 0 heterocycles. The molecule has 0 radical (unpaired) electrons. The Labute approximate surface area is 114 Å². The second-order valence-corrected chi connectivity index (χ2v) is 4.84. The smallest absolute Gasteiger partial charge is 0.244 e. The molecule has 0 aromatic heterocycles. The van der Waals surface area contributed by atoms with Gasteiger partial charge in [0.05, 0.1) is 10.5 Å². The highest BCUT2D eigenvalue weighted by atomic mass is 79.9. The van der Waals surface area contributed by atoms with Crippen molar-refractivity contribution in [1.29, 1.82) is 5.26 Å². The Bertz CT molecular complexity index is 492. The number of benzene rings is 1. The molecule has 5 heteroatoms. The van der Waals surface area contributed by atoms with Gasteiger partial charge in [0.1, 0.15) is 11.2 Å². The number of rotatable bonds is 4. The second-order valence-electron chi connectivity index (χ2n) is 3.98. The summed E-state index contributed by atoms with van der Waals surface area (Å²) in [5.41, 5.74) is -0.703. The van der Waals surface area contributed by atoms with Gasteiger partial charge in [-0.1, -0.05) is 13.8 Å². The van der Waals surface area contributed by atoms with Gasteiger partial charge in [0.15, 0.2) is 0 Å². The van der Waals surface area contributed by atoms with E-state index < -0.39 is 17.1 Å². The predicted octanol–water partition coefficient (Wildman–Crippen LogP) is 3.86. The van der Waals surface area contributed by atoms with Crippen molar-refractivity contribution in [2.45, 2.75) is 26.7 Å². The Morgan fingerprint density at radius 3 is 2.56 bits per heavy atom. The highest BCUT2D eigenvalue weighted by molar-refractivity contribution is 9.10. The first-order valence-electron chi connectivity index (χ1n) is 5.67. The Morgan fingerprint density at radius 2 is 2.11 bits per heavy atom. The maximum absolute atomic E-state index is 13.3. The van der Waals surface area contributed by atoms with Crippen LogP contribution in [0.3, 0.4) is 0 Å². The summed E-state index contributed by atoms with van der Waals surface area (Å²) in [6, 6.07) is 6.36. The molecule has 0 aliphatic carbocycles. The van der Waals surface area contributed by atoms with Crippen LogP contribution in [0.1, 0.15) is 26.7 Å². The summed E-state index contributed by atoms with van der Waals surface area (Å²) in [7, 11) is 0.